The van der Waals surface area contributed by atoms with Crippen LogP contribution in [0.1, 0.15) is 46.5 Å². The summed E-state index contributed by atoms with van der Waals surface area (Å²) in [5.41, 5.74) is 0.469. The van der Waals surface area contributed by atoms with Crippen LogP contribution in [0.4, 0.5) is 4.79 Å². The molecule has 3 nitrogen and oxygen atoms in total. The summed E-state index contributed by atoms with van der Waals surface area (Å²) in [4.78, 5) is 15.7. The molecule has 1 saturated carbocycles. The van der Waals surface area contributed by atoms with Gasteiger partial charge in [-0.25, -0.2) is 4.79 Å². The summed E-state index contributed by atoms with van der Waals surface area (Å²) in [6, 6.07) is 0.599. The fraction of sp³-hybridized carbons (Fsp3) is 0.923. The number of rotatable bonds is 2. The molecule has 1 fully saturated rings. The monoisotopic (exact) mass is 226 g/mol. The van der Waals surface area contributed by atoms with Crippen molar-refractivity contribution >= 4 is 6.03 Å². The van der Waals surface area contributed by atoms with Crippen LogP contribution >= 0.6 is 0 Å². The lowest BCUT2D eigenvalue weighted by atomic mass is 9.75. The summed E-state index contributed by atoms with van der Waals surface area (Å²) in [6.07, 6.45) is 4.75. The summed E-state index contributed by atoms with van der Waals surface area (Å²) in [6.45, 7) is 7.43. The summed E-state index contributed by atoms with van der Waals surface area (Å²) in [5, 5.41) is 0. The third kappa shape index (κ3) is 3.13. The molecule has 0 saturated heterocycles. The van der Waals surface area contributed by atoms with Gasteiger partial charge < -0.3 is 9.80 Å². The van der Waals surface area contributed by atoms with E-state index in [1.807, 2.05) is 25.9 Å². The average Bonchev–Trinajstić information content (AvgIpc) is 2.26. The van der Waals surface area contributed by atoms with E-state index < -0.39 is 0 Å². The number of nitrogens with zero attached hydrogens (tertiary/aromatic N) is 2. The molecule has 0 aromatic rings. The molecule has 16 heavy (non-hydrogen) atoms. The van der Waals surface area contributed by atoms with Gasteiger partial charge in [-0.05, 0) is 38.0 Å². The van der Waals surface area contributed by atoms with E-state index in [4.69, 9.17) is 0 Å². The van der Waals surface area contributed by atoms with Crippen LogP contribution in [0.2, 0.25) is 0 Å². The Labute approximate surface area is 99.8 Å². The molecular weight excluding hydrogens is 200 g/mol. The SMILES string of the molecule is CCN(C)C(=O)N(C)C1CCC(C)(C)CC1. The Morgan fingerprint density at radius 3 is 2.19 bits per heavy atom. The zero-order valence-electron chi connectivity index (χ0n) is 11.4. The summed E-state index contributed by atoms with van der Waals surface area (Å²) in [7, 11) is 3.81. The van der Waals surface area contributed by atoms with Gasteiger partial charge in [0.05, 0.1) is 0 Å². The van der Waals surface area contributed by atoms with Gasteiger partial charge >= 0.3 is 6.03 Å². The number of urea groups is 1. The number of hydrogen-bond donors (Lipinski definition) is 0. The fourth-order valence-electron chi connectivity index (χ4n) is 2.33. The van der Waals surface area contributed by atoms with Crippen molar-refractivity contribution in [1.82, 2.24) is 9.80 Å². The van der Waals surface area contributed by atoms with E-state index in [9.17, 15) is 4.79 Å². The zero-order chi connectivity index (χ0) is 12.3. The Kier molecular flexibility index (Phi) is 4.22. The molecular formula is C13H26N2O. The molecule has 1 rings (SSSR count). The maximum absolute atomic E-state index is 12.0. The highest BCUT2D eigenvalue weighted by Gasteiger charge is 2.31. The molecule has 0 N–H and O–H groups in total. The van der Waals surface area contributed by atoms with Gasteiger partial charge in [0.1, 0.15) is 0 Å². The van der Waals surface area contributed by atoms with Crippen LogP contribution in [0.3, 0.4) is 0 Å². The van der Waals surface area contributed by atoms with E-state index in [0.717, 1.165) is 19.4 Å². The van der Waals surface area contributed by atoms with Crippen molar-refractivity contribution in [2.75, 3.05) is 20.6 Å². The molecule has 0 heterocycles. The molecule has 1 aliphatic rings. The molecule has 0 aliphatic heterocycles. The van der Waals surface area contributed by atoms with Crippen molar-refractivity contribution in [3.63, 3.8) is 0 Å². The second kappa shape index (κ2) is 5.07. The van der Waals surface area contributed by atoms with Gasteiger partial charge in [-0.3, -0.25) is 0 Å². The highest BCUT2D eigenvalue weighted by atomic mass is 16.2. The Morgan fingerprint density at radius 1 is 1.25 bits per heavy atom. The molecule has 0 spiro atoms. The van der Waals surface area contributed by atoms with Crippen LogP contribution in [0.15, 0.2) is 0 Å². The zero-order valence-corrected chi connectivity index (χ0v) is 11.4. The Balaban J connectivity index is 2.50. The van der Waals surface area contributed by atoms with Gasteiger partial charge in [0, 0.05) is 26.7 Å². The van der Waals surface area contributed by atoms with Crippen LogP contribution < -0.4 is 0 Å². The van der Waals surface area contributed by atoms with Gasteiger partial charge in [0.15, 0.2) is 0 Å². The van der Waals surface area contributed by atoms with Crippen LogP contribution in [0, 0.1) is 5.41 Å². The first-order valence-electron chi connectivity index (χ1n) is 6.35. The fourth-order valence-corrected chi connectivity index (χ4v) is 2.33. The van der Waals surface area contributed by atoms with Gasteiger partial charge in [-0.2, -0.15) is 0 Å². The summed E-state index contributed by atoms with van der Waals surface area (Å²) in [5.74, 6) is 0. The van der Waals surface area contributed by atoms with E-state index in [-0.39, 0.29) is 6.03 Å². The molecule has 0 aromatic carbocycles. The third-order valence-corrected chi connectivity index (χ3v) is 3.96. The lowest BCUT2D eigenvalue weighted by Gasteiger charge is -2.39. The highest BCUT2D eigenvalue weighted by molar-refractivity contribution is 5.74. The second-order valence-electron chi connectivity index (χ2n) is 5.80. The first-order valence-corrected chi connectivity index (χ1v) is 6.35. The molecule has 94 valence electrons. The Hall–Kier alpha value is -0.730. The predicted molar refractivity (Wildman–Crippen MR) is 67.5 cm³/mol. The van der Waals surface area contributed by atoms with Crippen LogP contribution in [0.5, 0.6) is 0 Å². The molecule has 0 radical (unpaired) electrons. The van der Waals surface area contributed by atoms with Crippen molar-refractivity contribution in [1.29, 1.82) is 0 Å². The molecule has 0 unspecified atom stereocenters. The highest BCUT2D eigenvalue weighted by Crippen LogP contribution is 2.36. The second-order valence-corrected chi connectivity index (χ2v) is 5.80. The largest absolute Gasteiger partial charge is 0.328 e. The van der Waals surface area contributed by atoms with E-state index in [2.05, 4.69) is 13.8 Å². The van der Waals surface area contributed by atoms with E-state index in [0.29, 0.717) is 11.5 Å². The molecule has 0 bridgehead atoms. The summed E-state index contributed by atoms with van der Waals surface area (Å²) < 4.78 is 0. The first-order chi connectivity index (χ1) is 7.37. The van der Waals surface area contributed by atoms with Gasteiger partial charge in [-0.1, -0.05) is 13.8 Å². The van der Waals surface area contributed by atoms with Crippen LogP contribution in [-0.2, 0) is 0 Å². The molecule has 2 amide bonds. The number of amides is 2. The minimum Gasteiger partial charge on any atom is -0.328 e. The minimum atomic E-state index is 0.159. The van der Waals surface area contributed by atoms with Crippen molar-refractivity contribution < 1.29 is 4.79 Å². The van der Waals surface area contributed by atoms with Crippen molar-refractivity contribution in [2.45, 2.75) is 52.5 Å². The maximum atomic E-state index is 12.0. The van der Waals surface area contributed by atoms with E-state index >= 15 is 0 Å². The normalized spacial score (nSPS) is 20.6. The molecule has 1 aliphatic carbocycles. The standard InChI is InChI=1S/C13H26N2O/c1-6-14(4)12(16)15(5)11-7-9-13(2,3)10-8-11/h11H,6-10H2,1-5H3. The minimum absolute atomic E-state index is 0.159. The van der Waals surface area contributed by atoms with Crippen molar-refractivity contribution in [2.24, 2.45) is 5.41 Å². The average molecular weight is 226 g/mol. The topological polar surface area (TPSA) is 23.6 Å². The molecule has 0 atom stereocenters. The lowest BCUT2D eigenvalue weighted by Crippen LogP contribution is -2.46. The van der Waals surface area contributed by atoms with Crippen molar-refractivity contribution in [3.05, 3.63) is 0 Å². The Bertz CT molecular complexity index is 240. The lowest BCUT2D eigenvalue weighted by molar-refractivity contribution is 0.117. The van der Waals surface area contributed by atoms with Gasteiger partial charge in [0.2, 0.25) is 0 Å². The smallest absolute Gasteiger partial charge is 0.319 e. The van der Waals surface area contributed by atoms with Gasteiger partial charge in [-0.15, -0.1) is 0 Å². The first kappa shape index (κ1) is 13.3. The van der Waals surface area contributed by atoms with Gasteiger partial charge in [0.25, 0.3) is 0 Å². The number of carbonyl (C=O) groups is 1. The molecule has 3 heteroatoms. The van der Waals surface area contributed by atoms with E-state index in [1.165, 1.54) is 12.8 Å². The molecule has 0 aromatic heterocycles. The number of hydrogen-bond acceptors (Lipinski definition) is 1. The maximum Gasteiger partial charge on any atom is 0.319 e. The quantitative estimate of drug-likeness (QED) is 0.710. The van der Waals surface area contributed by atoms with Crippen LogP contribution in [-0.4, -0.2) is 42.5 Å². The Morgan fingerprint density at radius 2 is 1.75 bits per heavy atom. The number of carbonyl (C=O) groups excluding carboxylic acids is 1. The summed E-state index contributed by atoms with van der Waals surface area (Å²) >= 11 is 0. The van der Waals surface area contributed by atoms with E-state index in [1.54, 1.807) is 4.90 Å². The van der Waals surface area contributed by atoms with Crippen LogP contribution in [0.25, 0.3) is 0 Å². The third-order valence-electron chi connectivity index (χ3n) is 3.96. The predicted octanol–water partition coefficient (Wildman–Crippen LogP) is 2.96. The van der Waals surface area contributed by atoms with Crippen molar-refractivity contribution in [3.8, 4) is 0 Å².